The summed E-state index contributed by atoms with van der Waals surface area (Å²) in [4.78, 5) is 1.23. The fourth-order valence-corrected chi connectivity index (χ4v) is 1.75. The van der Waals surface area contributed by atoms with Crippen LogP contribution >= 0.6 is 11.6 Å². The number of halogens is 2. The summed E-state index contributed by atoms with van der Waals surface area (Å²) >= 11 is 5.85. The Bertz CT molecular complexity index is 347. The van der Waals surface area contributed by atoms with Crippen LogP contribution in [0.1, 0.15) is 0 Å². The molecule has 0 fully saturated rings. The summed E-state index contributed by atoms with van der Waals surface area (Å²) in [5.41, 5.74) is 7.07. The van der Waals surface area contributed by atoms with Crippen molar-refractivity contribution in [3.63, 3.8) is 0 Å². The van der Waals surface area contributed by atoms with E-state index in [1.807, 2.05) is 36.6 Å². The van der Waals surface area contributed by atoms with E-state index in [9.17, 15) is 0 Å². The van der Waals surface area contributed by atoms with E-state index < -0.39 is 0 Å². The van der Waals surface area contributed by atoms with E-state index in [1.54, 1.807) is 0 Å². The van der Waals surface area contributed by atoms with Gasteiger partial charge in [-0.3, -0.25) is 10.6 Å². The number of nitrogens with two attached hydrogens (primary N) is 1. The minimum atomic E-state index is -0.0887. The quantitative estimate of drug-likeness (QED) is 0.363. The number of dihydropyridines is 1. The SMILES string of the molecule is NC1C=CC=C[NH+]1CC1=CNC(Cl)C=C1.[Cl-]. The second-order valence-electron chi connectivity index (χ2n) is 3.67. The molecule has 2 aliphatic rings. The van der Waals surface area contributed by atoms with Gasteiger partial charge in [0.2, 0.25) is 0 Å². The number of hydrogen-bond donors (Lipinski definition) is 3. The highest BCUT2D eigenvalue weighted by molar-refractivity contribution is 6.21. The Balaban J connectivity index is 0.00000128. The highest BCUT2D eigenvalue weighted by atomic mass is 35.5. The van der Waals surface area contributed by atoms with Crippen molar-refractivity contribution in [2.75, 3.05) is 6.54 Å². The average Bonchev–Trinajstić information content (AvgIpc) is 2.25. The molecule has 3 unspecified atom stereocenters. The van der Waals surface area contributed by atoms with E-state index in [1.165, 1.54) is 10.5 Å². The predicted octanol–water partition coefficient (Wildman–Crippen LogP) is -3.15. The van der Waals surface area contributed by atoms with Crippen LogP contribution in [-0.4, -0.2) is 18.2 Å². The van der Waals surface area contributed by atoms with Crippen molar-refractivity contribution in [3.05, 3.63) is 48.4 Å². The Morgan fingerprint density at radius 1 is 1.38 bits per heavy atom. The molecule has 0 saturated heterocycles. The van der Waals surface area contributed by atoms with Crippen LogP contribution in [0.25, 0.3) is 0 Å². The molecule has 0 spiro atoms. The molecule has 0 aromatic carbocycles. The van der Waals surface area contributed by atoms with Gasteiger partial charge < -0.3 is 17.7 Å². The molecule has 0 bridgehead atoms. The Morgan fingerprint density at radius 2 is 2.19 bits per heavy atom. The summed E-state index contributed by atoms with van der Waals surface area (Å²) < 4.78 is 0. The summed E-state index contributed by atoms with van der Waals surface area (Å²) in [7, 11) is 0. The molecular weight excluding hydrogens is 245 g/mol. The third-order valence-electron chi connectivity index (χ3n) is 2.48. The van der Waals surface area contributed by atoms with Crippen molar-refractivity contribution in [2.24, 2.45) is 5.73 Å². The van der Waals surface area contributed by atoms with Crippen LogP contribution < -0.4 is 28.4 Å². The topological polar surface area (TPSA) is 42.5 Å². The van der Waals surface area contributed by atoms with Crippen LogP contribution in [-0.2, 0) is 0 Å². The van der Waals surface area contributed by atoms with Gasteiger partial charge in [-0.2, -0.15) is 0 Å². The lowest BCUT2D eigenvalue weighted by atomic mass is 10.2. The minimum absolute atomic E-state index is 0. The number of hydrogen-bond acceptors (Lipinski definition) is 2. The van der Waals surface area contributed by atoms with Crippen molar-refractivity contribution in [1.29, 1.82) is 0 Å². The van der Waals surface area contributed by atoms with Crippen molar-refractivity contribution in [1.82, 2.24) is 5.32 Å². The molecule has 16 heavy (non-hydrogen) atoms. The normalized spacial score (nSPS) is 31.6. The molecule has 0 aliphatic carbocycles. The standard InChI is InChI=1S/C11H14ClN3.ClH/c12-10-5-4-9(7-14-10)8-15-6-2-1-3-11(15)13;/h1-7,10-11,14H,8,13H2;1H. The summed E-state index contributed by atoms with van der Waals surface area (Å²) in [5, 5.41) is 3.06. The third kappa shape index (κ3) is 3.39. The van der Waals surface area contributed by atoms with E-state index in [0.29, 0.717) is 0 Å². The summed E-state index contributed by atoms with van der Waals surface area (Å²) in [6.07, 6.45) is 14.0. The first-order chi connectivity index (χ1) is 7.25. The maximum atomic E-state index is 5.95. The number of quaternary nitrogens is 1. The molecule has 2 rings (SSSR count). The van der Waals surface area contributed by atoms with E-state index >= 15 is 0 Å². The molecule has 0 aromatic heterocycles. The zero-order chi connectivity index (χ0) is 10.7. The van der Waals surface area contributed by atoms with Gasteiger partial charge in [0.15, 0.2) is 6.17 Å². The molecular formula is C11H15Cl2N3. The van der Waals surface area contributed by atoms with Crippen LogP contribution in [0.15, 0.2) is 48.4 Å². The Morgan fingerprint density at radius 3 is 2.81 bits per heavy atom. The summed E-state index contributed by atoms with van der Waals surface area (Å²) in [6.45, 7) is 0.870. The zero-order valence-corrected chi connectivity index (χ0v) is 10.2. The van der Waals surface area contributed by atoms with E-state index in [0.717, 1.165) is 6.54 Å². The first-order valence-electron chi connectivity index (χ1n) is 4.99. The lowest BCUT2D eigenvalue weighted by molar-refractivity contribution is -0.862. The monoisotopic (exact) mass is 259 g/mol. The zero-order valence-electron chi connectivity index (χ0n) is 8.74. The van der Waals surface area contributed by atoms with Gasteiger partial charge in [0, 0.05) is 11.8 Å². The van der Waals surface area contributed by atoms with Crippen LogP contribution in [0, 0.1) is 0 Å². The lowest BCUT2D eigenvalue weighted by Crippen LogP contribution is -3.13. The molecule has 2 heterocycles. The Hall–Kier alpha value is -0.740. The van der Waals surface area contributed by atoms with E-state index in [4.69, 9.17) is 17.3 Å². The van der Waals surface area contributed by atoms with Crippen molar-refractivity contribution >= 4 is 11.6 Å². The average molecular weight is 260 g/mol. The molecule has 4 N–H and O–H groups in total. The molecule has 5 heteroatoms. The maximum absolute atomic E-state index is 5.95. The van der Waals surface area contributed by atoms with E-state index in [2.05, 4.69) is 11.5 Å². The number of allylic oxidation sites excluding steroid dienone is 2. The lowest BCUT2D eigenvalue weighted by Gasteiger charge is -2.23. The first-order valence-corrected chi connectivity index (χ1v) is 5.43. The van der Waals surface area contributed by atoms with Gasteiger partial charge in [0.25, 0.3) is 0 Å². The van der Waals surface area contributed by atoms with Crippen molar-refractivity contribution in [3.8, 4) is 0 Å². The van der Waals surface area contributed by atoms with Crippen molar-refractivity contribution < 1.29 is 17.3 Å². The van der Waals surface area contributed by atoms with Crippen molar-refractivity contribution in [2.45, 2.75) is 11.7 Å². The Labute approximate surface area is 107 Å². The van der Waals surface area contributed by atoms with Gasteiger partial charge in [-0.25, -0.2) is 0 Å². The maximum Gasteiger partial charge on any atom is 0.162 e. The summed E-state index contributed by atoms with van der Waals surface area (Å²) in [5.74, 6) is 0. The summed E-state index contributed by atoms with van der Waals surface area (Å²) in [6, 6.07) is 0. The fraction of sp³-hybridized carbons (Fsp3) is 0.273. The second-order valence-corrected chi connectivity index (χ2v) is 4.14. The second kappa shape index (κ2) is 6.11. The van der Waals surface area contributed by atoms with Gasteiger partial charge in [0.1, 0.15) is 12.0 Å². The van der Waals surface area contributed by atoms with Crippen LogP contribution in [0.3, 0.4) is 0 Å². The smallest absolute Gasteiger partial charge is 0.162 e. The van der Waals surface area contributed by atoms with Gasteiger partial charge >= 0.3 is 0 Å². The largest absolute Gasteiger partial charge is 1.00 e. The molecule has 88 valence electrons. The highest BCUT2D eigenvalue weighted by Gasteiger charge is 2.16. The number of nitrogens with one attached hydrogen (secondary N) is 2. The number of rotatable bonds is 2. The number of alkyl halides is 1. The van der Waals surface area contributed by atoms with Crippen LogP contribution in [0.5, 0.6) is 0 Å². The van der Waals surface area contributed by atoms with E-state index in [-0.39, 0.29) is 24.1 Å². The van der Waals surface area contributed by atoms with Gasteiger partial charge in [0.05, 0.1) is 6.20 Å². The van der Waals surface area contributed by atoms with Gasteiger partial charge in [-0.15, -0.1) is 0 Å². The molecule has 0 amide bonds. The molecule has 3 atom stereocenters. The van der Waals surface area contributed by atoms with Crippen LogP contribution in [0.2, 0.25) is 0 Å². The molecule has 0 saturated carbocycles. The Kier molecular flexibility index (Phi) is 5.09. The van der Waals surface area contributed by atoms with Gasteiger partial charge in [-0.05, 0) is 18.2 Å². The molecule has 0 radical (unpaired) electrons. The fourth-order valence-electron chi connectivity index (χ4n) is 1.62. The molecule has 2 aliphatic heterocycles. The predicted molar refractivity (Wildman–Crippen MR) is 62.1 cm³/mol. The highest BCUT2D eigenvalue weighted by Crippen LogP contribution is 2.04. The molecule has 0 aromatic rings. The first kappa shape index (κ1) is 13.3. The van der Waals surface area contributed by atoms with Crippen LogP contribution in [0.4, 0.5) is 0 Å². The van der Waals surface area contributed by atoms with Gasteiger partial charge in [-0.1, -0.05) is 23.8 Å². The minimum Gasteiger partial charge on any atom is -1.00 e. The third-order valence-corrected chi connectivity index (χ3v) is 2.75. The molecule has 3 nitrogen and oxygen atoms in total.